The van der Waals surface area contributed by atoms with Gasteiger partial charge >= 0.3 is 0 Å². The molecule has 6 heteroatoms. The van der Waals surface area contributed by atoms with E-state index in [0.717, 1.165) is 5.56 Å². The van der Waals surface area contributed by atoms with Crippen LogP contribution in [0.1, 0.15) is 22.7 Å². The number of hydrogen-bond acceptors (Lipinski definition) is 5. The molecule has 1 fully saturated rings. The Balaban J connectivity index is 1.85. The van der Waals surface area contributed by atoms with Gasteiger partial charge in [-0.25, -0.2) is 0 Å². The summed E-state index contributed by atoms with van der Waals surface area (Å²) in [6.45, 7) is 0.198. The fourth-order valence-electron chi connectivity index (χ4n) is 3.37. The van der Waals surface area contributed by atoms with Gasteiger partial charge in [-0.3, -0.25) is 19.6 Å². The van der Waals surface area contributed by atoms with Crippen LogP contribution in [0.3, 0.4) is 0 Å². The van der Waals surface area contributed by atoms with E-state index in [0.29, 0.717) is 11.1 Å². The maximum atomic E-state index is 12.9. The van der Waals surface area contributed by atoms with Gasteiger partial charge in [0.1, 0.15) is 5.76 Å². The standard InChI is InChI=1S/C22H17N3O3/c26-20(16-7-2-1-3-8-16)18-19(17-9-5-11-24-13-17)25(22(28)21(18)27)14-15-6-4-10-23-12-15/h1-13,19,26H,14H2/t19-/m0/s1. The number of amides is 1. The van der Waals surface area contributed by atoms with Crippen molar-refractivity contribution in [3.8, 4) is 0 Å². The number of ketones is 1. The zero-order valence-electron chi connectivity index (χ0n) is 14.9. The molecular formula is C22H17N3O3. The number of pyridine rings is 2. The second-order valence-corrected chi connectivity index (χ2v) is 6.44. The highest BCUT2D eigenvalue weighted by atomic mass is 16.3. The number of carbonyl (C=O) groups excluding carboxylic acids is 2. The lowest BCUT2D eigenvalue weighted by atomic mass is 9.96. The number of Topliss-reactive ketones (excluding diaryl/α,β-unsaturated/α-hetero) is 1. The predicted octanol–water partition coefficient (Wildman–Crippen LogP) is 3.10. The molecule has 0 unspecified atom stereocenters. The predicted molar refractivity (Wildman–Crippen MR) is 103 cm³/mol. The Morgan fingerprint density at radius 2 is 1.64 bits per heavy atom. The van der Waals surface area contributed by atoms with E-state index in [9.17, 15) is 14.7 Å². The second kappa shape index (κ2) is 7.44. The monoisotopic (exact) mass is 371 g/mol. The van der Waals surface area contributed by atoms with E-state index < -0.39 is 17.7 Å². The molecule has 4 rings (SSSR count). The third kappa shape index (κ3) is 3.16. The van der Waals surface area contributed by atoms with Gasteiger partial charge in [-0.05, 0) is 23.3 Å². The molecule has 1 aliphatic rings. The quantitative estimate of drug-likeness (QED) is 0.433. The van der Waals surface area contributed by atoms with E-state index in [1.807, 2.05) is 12.1 Å². The first-order chi connectivity index (χ1) is 13.7. The normalized spacial score (nSPS) is 18.4. The molecule has 6 nitrogen and oxygen atoms in total. The van der Waals surface area contributed by atoms with E-state index in [4.69, 9.17) is 0 Å². The second-order valence-electron chi connectivity index (χ2n) is 6.44. The minimum atomic E-state index is -0.728. The number of carbonyl (C=O) groups is 2. The van der Waals surface area contributed by atoms with Gasteiger partial charge in [0.25, 0.3) is 11.7 Å². The van der Waals surface area contributed by atoms with Gasteiger partial charge in [-0.2, -0.15) is 0 Å². The van der Waals surface area contributed by atoms with Crippen molar-refractivity contribution in [2.45, 2.75) is 12.6 Å². The lowest BCUT2D eigenvalue weighted by Gasteiger charge is -2.25. The number of rotatable bonds is 4. The van der Waals surface area contributed by atoms with Gasteiger partial charge in [0.2, 0.25) is 0 Å². The number of nitrogens with zero attached hydrogens (tertiary/aromatic N) is 3. The summed E-state index contributed by atoms with van der Waals surface area (Å²) in [6, 6.07) is 15.2. The van der Waals surface area contributed by atoms with Crippen LogP contribution in [-0.2, 0) is 16.1 Å². The first kappa shape index (κ1) is 17.6. The molecule has 28 heavy (non-hydrogen) atoms. The van der Waals surface area contributed by atoms with E-state index in [2.05, 4.69) is 9.97 Å². The summed E-state index contributed by atoms with van der Waals surface area (Å²) >= 11 is 0. The van der Waals surface area contributed by atoms with Gasteiger partial charge in [0, 0.05) is 36.9 Å². The first-order valence-electron chi connectivity index (χ1n) is 8.79. The maximum Gasteiger partial charge on any atom is 0.295 e. The Kier molecular flexibility index (Phi) is 4.68. The van der Waals surface area contributed by atoms with Gasteiger partial charge in [-0.1, -0.05) is 42.5 Å². The molecule has 1 atom stereocenters. The van der Waals surface area contributed by atoms with Crippen LogP contribution in [0.5, 0.6) is 0 Å². The summed E-state index contributed by atoms with van der Waals surface area (Å²) in [5.41, 5.74) is 1.99. The molecule has 1 saturated heterocycles. The zero-order valence-corrected chi connectivity index (χ0v) is 14.9. The Bertz CT molecular complexity index is 1030. The van der Waals surface area contributed by atoms with Crippen LogP contribution in [0.4, 0.5) is 0 Å². The molecular weight excluding hydrogens is 354 g/mol. The zero-order chi connectivity index (χ0) is 19.5. The van der Waals surface area contributed by atoms with Crippen molar-refractivity contribution in [2.75, 3.05) is 0 Å². The number of aliphatic hydroxyl groups excluding tert-OH is 1. The molecule has 0 saturated carbocycles. The fraction of sp³-hybridized carbons (Fsp3) is 0.0909. The average Bonchev–Trinajstić information content (AvgIpc) is 3.00. The Hall–Kier alpha value is -3.80. The lowest BCUT2D eigenvalue weighted by molar-refractivity contribution is -0.140. The van der Waals surface area contributed by atoms with Crippen molar-refractivity contribution in [1.82, 2.24) is 14.9 Å². The van der Waals surface area contributed by atoms with Crippen molar-refractivity contribution in [3.05, 3.63) is 102 Å². The molecule has 0 radical (unpaired) electrons. The van der Waals surface area contributed by atoms with Crippen molar-refractivity contribution in [1.29, 1.82) is 0 Å². The molecule has 1 amide bonds. The summed E-state index contributed by atoms with van der Waals surface area (Å²) in [6.07, 6.45) is 6.52. The molecule has 3 aromatic rings. The Morgan fingerprint density at radius 3 is 2.29 bits per heavy atom. The Morgan fingerprint density at radius 1 is 0.929 bits per heavy atom. The van der Waals surface area contributed by atoms with Gasteiger partial charge in [-0.15, -0.1) is 0 Å². The number of likely N-dealkylation sites (tertiary alicyclic amines) is 1. The van der Waals surface area contributed by atoms with Crippen LogP contribution in [0.15, 0.2) is 85.0 Å². The minimum absolute atomic E-state index is 0.0630. The van der Waals surface area contributed by atoms with Crippen molar-refractivity contribution >= 4 is 17.4 Å². The molecule has 0 aliphatic carbocycles. The SMILES string of the molecule is O=C1C(=O)N(Cc2cccnc2)[C@@H](c2cccnc2)C1=C(O)c1ccccc1. The van der Waals surface area contributed by atoms with Gasteiger partial charge in [0.05, 0.1) is 11.6 Å². The van der Waals surface area contributed by atoms with Crippen LogP contribution < -0.4 is 0 Å². The van der Waals surface area contributed by atoms with Gasteiger partial charge in [0.15, 0.2) is 0 Å². The molecule has 0 spiro atoms. The summed E-state index contributed by atoms with van der Waals surface area (Å²) in [4.78, 5) is 35.3. The van der Waals surface area contributed by atoms with E-state index in [-0.39, 0.29) is 17.9 Å². The van der Waals surface area contributed by atoms with E-state index in [1.54, 1.807) is 67.3 Å². The summed E-state index contributed by atoms with van der Waals surface area (Å²) in [5.74, 6) is -1.56. The highest BCUT2D eigenvalue weighted by molar-refractivity contribution is 6.46. The van der Waals surface area contributed by atoms with Crippen LogP contribution in [0.2, 0.25) is 0 Å². The van der Waals surface area contributed by atoms with Gasteiger partial charge < -0.3 is 10.0 Å². The molecule has 2 aromatic heterocycles. The third-order valence-corrected chi connectivity index (χ3v) is 4.66. The summed E-state index contributed by atoms with van der Waals surface area (Å²) in [5, 5.41) is 10.9. The molecule has 0 bridgehead atoms. The molecule has 3 heterocycles. The van der Waals surface area contributed by atoms with Crippen molar-refractivity contribution < 1.29 is 14.7 Å². The largest absolute Gasteiger partial charge is 0.507 e. The average molecular weight is 371 g/mol. The molecule has 138 valence electrons. The molecule has 1 aromatic carbocycles. The maximum absolute atomic E-state index is 12.9. The Labute approximate surface area is 161 Å². The summed E-state index contributed by atoms with van der Waals surface area (Å²) < 4.78 is 0. The smallest absolute Gasteiger partial charge is 0.295 e. The number of benzene rings is 1. The fourth-order valence-corrected chi connectivity index (χ4v) is 3.37. The van der Waals surface area contributed by atoms with E-state index >= 15 is 0 Å². The van der Waals surface area contributed by atoms with Crippen molar-refractivity contribution in [2.24, 2.45) is 0 Å². The van der Waals surface area contributed by atoms with Crippen LogP contribution in [0, 0.1) is 0 Å². The topological polar surface area (TPSA) is 83.4 Å². The number of hydrogen-bond donors (Lipinski definition) is 1. The number of aliphatic hydroxyl groups is 1. The summed E-state index contributed by atoms with van der Waals surface area (Å²) in [7, 11) is 0. The lowest BCUT2D eigenvalue weighted by Crippen LogP contribution is -2.29. The highest BCUT2D eigenvalue weighted by Crippen LogP contribution is 2.39. The van der Waals surface area contributed by atoms with Crippen LogP contribution in [0.25, 0.3) is 5.76 Å². The first-order valence-corrected chi connectivity index (χ1v) is 8.79. The van der Waals surface area contributed by atoms with Crippen LogP contribution in [-0.4, -0.2) is 31.7 Å². The molecule has 1 aliphatic heterocycles. The van der Waals surface area contributed by atoms with Crippen LogP contribution >= 0.6 is 0 Å². The minimum Gasteiger partial charge on any atom is -0.507 e. The van der Waals surface area contributed by atoms with Crippen molar-refractivity contribution in [3.63, 3.8) is 0 Å². The number of aromatic nitrogens is 2. The van der Waals surface area contributed by atoms with E-state index in [1.165, 1.54) is 4.90 Å². The molecule has 1 N–H and O–H groups in total. The third-order valence-electron chi connectivity index (χ3n) is 4.66. The highest BCUT2D eigenvalue weighted by Gasteiger charge is 2.46.